The monoisotopic (exact) mass is 441 g/mol. The van der Waals surface area contributed by atoms with Crippen LogP contribution in [0, 0.1) is 22.9 Å². The van der Waals surface area contributed by atoms with Gasteiger partial charge in [-0.15, -0.1) is 0 Å². The Hall–Kier alpha value is -3.79. The molecule has 1 aliphatic heterocycles. The Morgan fingerprint density at radius 2 is 1.71 bits per heavy atom. The average molecular weight is 441 g/mol. The van der Waals surface area contributed by atoms with Crippen LogP contribution in [0.5, 0.6) is 0 Å². The van der Waals surface area contributed by atoms with Gasteiger partial charge in [0, 0.05) is 12.1 Å². The van der Waals surface area contributed by atoms with E-state index in [4.69, 9.17) is 0 Å². The maximum Gasteiger partial charge on any atom is 0.343 e. The van der Waals surface area contributed by atoms with Gasteiger partial charge in [-0.2, -0.15) is 4.31 Å². The molecule has 0 saturated carbocycles. The number of halogens is 1. The van der Waals surface area contributed by atoms with E-state index in [-0.39, 0.29) is 28.5 Å². The highest BCUT2D eigenvalue weighted by atomic mass is 32.2. The zero-order chi connectivity index (χ0) is 22.3. The van der Waals surface area contributed by atoms with Crippen molar-refractivity contribution in [1.82, 2.24) is 0 Å². The molecule has 8 nitrogen and oxygen atoms in total. The molecule has 0 saturated heterocycles. The number of hydrogen-bond donors (Lipinski definition) is 0. The molecule has 4 rings (SSSR count). The van der Waals surface area contributed by atoms with Gasteiger partial charge in [0.25, 0.3) is 15.7 Å². The molecule has 0 spiro atoms. The predicted octanol–water partition coefficient (Wildman–Crippen LogP) is 4.38. The fraction of sp³-hybridized carbons (Fsp3) is 0.0952. The molecule has 1 aliphatic rings. The molecule has 10 heteroatoms. The molecule has 0 atom stereocenters. The standard InChI is InChI=1S/C21H16FN3O5S/c1-14-6-9-17(12-18(14)22)24-21(26)23(13-15-7-10-16(11-8-15)25(27)28)19-4-2-3-5-20(19)31(24,29)30/h2-12H,13H2,1H3. The van der Waals surface area contributed by atoms with Crippen LogP contribution in [-0.4, -0.2) is 19.4 Å². The molecule has 158 valence electrons. The van der Waals surface area contributed by atoms with Gasteiger partial charge in [-0.1, -0.05) is 30.3 Å². The lowest BCUT2D eigenvalue weighted by Crippen LogP contribution is -2.50. The number of para-hydroxylation sites is 1. The third-order valence-corrected chi connectivity index (χ3v) is 6.71. The summed E-state index contributed by atoms with van der Waals surface area (Å²) in [6, 6.07) is 14.5. The Morgan fingerprint density at radius 1 is 1.03 bits per heavy atom. The van der Waals surface area contributed by atoms with Crippen molar-refractivity contribution < 1.29 is 22.5 Å². The lowest BCUT2D eigenvalue weighted by atomic mass is 10.1. The summed E-state index contributed by atoms with van der Waals surface area (Å²) in [5, 5.41) is 10.9. The maximum atomic E-state index is 14.2. The zero-order valence-corrected chi connectivity index (χ0v) is 17.0. The molecule has 31 heavy (non-hydrogen) atoms. The molecule has 2 amide bonds. The van der Waals surface area contributed by atoms with E-state index in [1.54, 1.807) is 6.07 Å². The summed E-state index contributed by atoms with van der Waals surface area (Å²) < 4.78 is 41.1. The number of hydrogen-bond acceptors (Lipinski definition) is 5. The van der Waals surface area contributed by atoms with Gasteiger partial charge in [0.15, 0.2) is 0 Å². The van der Waals surface area contributed by atoms with E-state index < -0.39 is 26.8 Å². The second kappa shape index (κ2) is 7.47. The number of urea groups is 1. The van der Waals surface area contributed by atoms with E-state index in [2.05, 4.69) is 0 Å². The van der Waals surface area contributed by atoms with Crippen molar-refractivity contribution in [2.75, 3.05) is 9.21 Å². The number of carbonyl (C=O) groups is 1. The fourth-order valence-electron chi connectivity index (χ4n) is 3.33. The Labute approximate surface area is 177 Å². The quantitative estimate of drug-likeness (QED) is 0.442. The fourth-order valence-corrected chi connectivity index (χ4v) is 4.91. The SMILES string of the molecule is Cc1ccc(N2C(=O)N(Cc3ccc([N+](=O)[O-])cc3)c3ccccc3S2(=O)=O)cc1F. The normalized spacial score (nSPS) is 15.0. The van der Waals surface area contributed by atoms with Gasteiger partial charge in [-0.25, -0.2) is 17.6 Å². The summed E-state index contributed by atoms with van der Waals surface area (Å²) in [6.45, 7) is 1.50. The number of aryl methyl sites for hydroxylation is 1. The third-order valence-electron chi connectivity index (χ3n) is 4.96. The first kappa shape index (κ1) is 20.5. The predicted molar refractivity (Wildman–Crippen MR) is 112 cm³/mol. The van der Waals surface area contributed by atoms with Crippen LogP contribution in [0.25, 0.3) is 0 Å². The largest absolute Gasteiger partial charge is 0.343 e. The second-order valence-electron chi connectivity index (χ2n) is 6.96. The summed E-state index contributed by atoms with van der Waals surface area (Å²) in [6.07, 6.45) is 0. The molecule has 0 N–H and O–H groups in total. The van der Waals surface area contributed by atoms with Crippen molar-refractivity contribution in [2.45, 2.75) is 18.4 Å². The number of sulfonamides is 1. The van der Waals surface area contributed by atoms with E-state index in [1.807, 2.05) is 0 Å². The first-order valence-corrected chi connectivity index (χ1v) is 10.6. The Bertz CT molecular complexity index is 1310. The molecule has 0 bridgehead atoms. The van der Waals surface area contributed by atoms with Gasteiger partial charge in [0.2, 0.25) is 0 Å². The molecule has 0 unspecified atom stereocenters. The van der Waals surface area contributed by atoms with Crippen molar-refractivity contribution in [3.8, 4) is 0 Å². The molecule has 0 aliphatic carbocycles. The molecule has 0 radical (unpaired) electrons. The number of nitrogens with zero attached hydrogens (tertiary/aromatic N) is 3. The highest BCUT2D eigenvalue weighted by Gasteiger charge is 2.42. The number of amides is 2. The minimum absolute atomic E-state index is 0.0335. The molecule has 1 heterocycles. The van der Waals surface area contributed by atoms with E-state index in [0.29, 0.717) is 15.4 Å². The van der Waals surface area contributed by atoms with E-state index in [1.165, 1.54) is 66.4 Å². The maximum absolute atomic E-state index is 14.2. The first-order valence-electron chi connectivity index (χ1n) is 9.15. The van der Waals surface area contributed by atoms with Gasteiger partial charge >= 0.3 is 6.03 Å². The van der Waals surface area contributed by atoms with Crippen molar-refractivity contribution in [3.05, 3.63) is 93.8 Å². The number of rotatable bonds is 4. The van der Waals surface area contributed by atoms with Gasteiger partial charge in [-0.3, -0.25) is 15.0 Å². The Kier molecular flexibility index (Phi) is 4.94. The molecular weight excluding hydrogens is 425 g/mol. The number of non-ortho nitro benzene ring substituents is 1. The van der Waals surface area contributed by atoms with E-state index in [9.17, 15) is 27.7 Å². The highest BCUT2D eigenvalue weighted by molar-refractivity contribution is 7.94. The van der Waals surface area contributed by atoms with Gasteiger partial charge in [0.1, 0.15) is 10.7 Å². The minimum atomic E-state index is -4.27. The van der Waals surface area contributed by atoms with Crippen molar-refractivity contribution >= 4 is 33.1 Å². The van der Waals surface area contributed by atoms with Gasteiger partial charge in [0.05, 0.1) is 22.8 Å². The van der Waals surface area contributed by atoms with Crippen LogP contribution in [0.2, 0.25) is 0 Å². The van der Waals surface area contributed by atoms with Crippen LogP contribution >= 0.6 is 0 Å². The first-order chi connectivity index (χ1) is 14.7. The second-order valence-corrected chi connectivity index (χ2v) is 8.72. The van der Waals surface area contributed by atoms with Crippen LogP contribution in [0.15, 0.2) is 71.6 Å². The molecule has 0 fully saturated rings. The summed E-state index contributed by atoms with van der Waals surface area (Å²) in [5.41, 5.74) is 0.830. The van der Waals surface area contributed by atoms with E-state index in [0.717, 1.165) is 6.07 Å². The number of anilines is 2. The summed E-state index contributed by atoms with van der Waals surface area (Å²) in [7, 11) is -4.27. The molecule has 0 aromatic heterocycles. The lowest BCUT2D eigenvalue weighted by molar-refractivity contribution is -0.384. The highest BCUT2D eigenvalue weighted by Crippen LogP contribution is 2.38. The average Bonchev–Trinajstić information content (AvgIpc) is 2.74. The third kappa shape index (κ3) is 3.50. The summed E-state index contributed by atoms with van der Waals surface area (Å²) in [4.78, 5) is 24.8. The van der Waals surface area contributed by atoms with Crippen molar-refractivity contribution in [1.29, 1.82) is 0 Å². The van der Waals surface area contributed by atoms with Gasteiger partial charge in [-0.05, 0) is 42.3 Å². The number of carbonyl (C=O) groups excluding carboxylic acids is 1. The zero-order valence-electron chi connectivity index (χ0n) is 16.2. The van der Waals surface area contributed by atoms with Gasteiger partial charge < -0.3 is 0 Å². The topological polar surface area (TPSA) is 101 Å². The molecule has 3 aromatic carbocycles. The van der Waals surface area contributed by atoms with Crippen LogP contribution in [0.3, 0.4) is 0 Å². The Morgan fingerprint density at radius 3 is 2.35 bits per heavy atom. The summed E-state index contributed by atoms with van der Waals surface area (Å²) in [5.74, 6) is -0.638. The minimum Gasteiger partial charge on any atom is -0.287 e. The van der Waals surface area contributed by atoms with Crippen molar-refractivity contribution in [2.24, 2.45) is 0 Å². The number of fused-ring (bicyclic) bond motifs is 1. The Balaban J connectivity index is 1.82. The van der Waals surface area contributed by atoms with Crippen molar-refractivity contribution in [3.63, 3.8) is 0 Å². The van der Waals surface area contributed by atoms with Crippen LogP contribution < -0.4 is 9.21 Å². The number of nitro groups is 1. The lowest BCUT2D eigenvalue weighted by Gasteiger charge is -2.36. The molecular formula is C21H16FN3O5S. The van der Waals surface area contributed by atoms with Crippen LogP contribution in [0.1, 0.15) is 11.1 Å². The van der Waals surface area contributed by atoms with Crippen LogP contribution in [-0.2, 0) is 16.6 Å². The summed E-state index contributed by atoms with van der Waals surface area (Å²) >= 11 is 0. The van der Waals surface area contributed by atoms with Crippen LogP contribution in [0.4, 0.5) is 26.2 Å². The van der Waals surface area contributed by atoms with E-state index >= 15 is 0 Å². The number of benzene rings is 3. The molecule has 3 aromatic rings. The number of nitro benzene ring substituents is 1. The smallest absolute Gasteiger partial charge is 0.287 e.